The number of aliphatic hydroxyl groups is 1. The highest BCUT2D eigenvalue weighted by molar-refractivity contribution is 4.93. The van der Waals surface area contributed by atoms with Crippen LogP contribution in [0.25, 0.3) is 0 Å². The van der Waals surface area contributed by atoms with Gasteiger partial charge in [-0.05, 0) is 36.5 Å². The van der Waals surface area contributed by atoms with Gasteiger partial charge in [-0.25, -0.2) is 0 Å². The second-order valence-corrected chi connectivity index (χ2v) is 5.48. The third kappa shape index (κ3) is 1.98. The lowest BCUT2D eigenvalue weighted by atomic mass is 9.74. The molecule has 82 valence electrons. The van der Waals surface area contributed by atoms with Crippen LogP contribution >= 0.6 is 0 Å². The summed E-state index contributed by atoms with van der Waals surface area (Å²) in [6.45, 7) is 4.56. The fourth-order valence-corrected chi connectivity index (χ4v) is 3.34. The quantitative estimate of drug-likeness (QED) is 0.735. The van der Waals surface area contributed by atoms with E-state index in [9.17, 15) is 5.11 Å². The molecule has 2 saturated carbocycles. The number of rotatable bonds is 3. The average Bonchev–Trinajstić information content (AvgIpc) is 2.94. The predicted octanol–water partition coefficient (Wildman–Crippen LogP) is 3.22. The molecule has 5 unspecified atom stereocenters. The van der Waals surface area contributed by atoms with Gasteiger partial charge in [0, 0.05) is 0 Å². The fourth-order valence-electron chi connectivity index (χ4n) is 3.34. The normalized spacial score (nSPS) is 44.8. The molecule has 2 aliphatic rings. The molecule has 1 nitrogen and oxygen atoms in total. The Hall–Kier alpha value is -0.0400. The van der Waals surface area contributed by atoms with Gasteiger partial charge in [-0.15, -0.1) is 0 Å². The summed E-state index contributed by atoms with van der Waals surface area (Å²) in [6.07, 6.45) is 7.94. The molecular weight excluding hydrogens is 172 g/mol. The van der Waals surface area contributed by atoms with Gasteiger partial charge in [0.25, 0.3) is 0 Å². The Bertz CT molecular complexity index is 190. The van der Waals surface area contributed by atoms with E-state index in [2.05, 4.69) is 13.8 Å². The molecule has 0 radical (unpaired) electrons. The summed E-state index contributed by atoms with van der Waals surface area (Å²) in [5.41, 5.74) is 0. The Balaban J connectivity index is 1.92. The minimum atomic E-state index is 0.0234. The molecule has 0 spiro atoms. The predicted molar refractivity (Wildman–Crippen MR) is 59.0 cm³/mol. The third-order valence-corrected chi connectivity index (χ3v) is 4.54. The highest BCUT2D eigenvalue weighted by Crippen LogP contribution is 2.47. The summed E-state index contributed by atoms with van der Waals surface area (Å²) in [5.74, 6) is 2.88. The van der Waals surface area contributed by atoms with Gasteiger partial charge in [-0.1, -0.05) is 39.5 Å². The van der Waals surface area contributed by atoms with Crippen LogP contribution < -0.4 is 0 Å². The van der Waals surface area contributed by atoms with Gasteiger partial charge in [0.1, 0.15) is 0 Å². The molecule has 0 bridgehead atoms. The van der Waals surface area contributed by atoms with Gasteiger partial charge in [-0.2, -0.15) is 0 Å². The standard InChI is InChI=1S/C13H24O/c1-3-10-6-4-5-7-11(10)13(14)12-8-9(12)2/h9-14H,3-8H2,1-2H3. The molecule has 0 aromatic rings. The molecule has 14 heavy (non-hydrogen) atoms. The summed E-state index contributed by atoms with van der Waals surface area (Å²) in [6, 6.07) is 0. The zero-order valence-corrected chi connectivity index (χ0v) is 9.58. The maximum Gasteiger partial charge on any atom is 0.0601 e. The molecule has 2 fully saturated rings. The molecule has 0 saturated heterocycles. The van der Waals surface area contributed by atoms with Crippen molar-refractivity contribution in [2.45, 2.75) is 58.5 Å². The highest BCUT2D eigenvalue weighted by Gasteiger charge is 2.44. The Morgan fingerprint density at radius 3 is 2.43 bits per heavy atom. The molecule has 1 N–H and O–H groups in total. The number of hydrogen-bond donors (Lipinski definition) is 1. The van der Waals surface area contributed by atoms with Gasteiger partial charge in [0.05, 0.1) is 6.10 Å². The first kappa shape index (κ1) is 10.5. The maximum absolute atomic E-state index is 10.3. The largest absolute Gasteiger partial charge is 0.393 e. The van der Waals surface area contributed by atoms with Gasteiger partial charge in [0.15, 0.2) is 0 Å². The molecule has 1 heteroatoms. The minimum Gasteiger partial charge on any atom is -0.393 e. The Kier molecular flexibility index (Phi) is 3.16. The van der Waals surface area contributed by atoms with Crippen LogP contribution in [0, 0.1) is 23.7 Å². The van der Waals surface area contributed by atoms with Crippen LogP contribution in [0.1, 0.15) is 52.4 Å². The summed E-state index contributed by atoms with van der Waals surface area (Å²) in [4.78, 5) is 0. The van der Waals surface area contributed by atoms with Gasteiger partial charge in [0.2, 0.25) is 0 Å². The summed E-state index contributed by atoms with van der Waals surface area (Å²) in [5, 5.41) is 10.3. The van der Waals surface area contributed by atoms with Crippen molar-refractivity contribution in [1.29, 1.82) is 0 Å². The monoisotopic (exact) mass is 196 g/mol. The summed E-state index contributed by atoms with van der Waals surface area (Å²) >= 11 is 0. The van der Waals surface area contributed by atoms with Crippen molar-refractivity contribution in [2.24, 2.45) is 23.7 Å². The van der Waals surface area contributed by atoms with Crippen molar-refractivity contribution in [1.82, 2.24) is 0 Å². The van der Waals surface area contributed by atoms with Crippen LogP contribution in [0.4, 0.5) is 0 Å². The lowest BCUT2D eigenvalue weighted by Gasteiger charge is -2.34. The summed E-state index contributed by atoms with van der Waals surface area (Å²) < 4.78 is 0. The minimum absolute atomic E-state index is 0.0234. The van der Waals surface area contributed by atoms with Crippen molar-refractivity contribution in [3.63, 3.8) is 0 Å². The lowest BCUT2D eigenvalue weighted by Crippen LogP contribution is -2.32. The van der Waals surface area contributed by atoms with E-state index in [-0.39, 0.29) is 6.10 Å². The number of aliphatic hydroxyl groups excluding tert-OH is 1. The molecule has 0 heterocycles. The van der Waals surface area contributed by atoms with E-state index >= 15 is 0 Å². The topological polar surface area (TPSA) is 20.2 Å². The van der Waals surface area contributed by atoms with Crippen molar-refractivity contribution in [2.75, 3.05) is 0 Å². The Labute approximate surface area is 87.9 Å². The molecule has 2 aliphatic carbocycles. The third-order valence-electron chi connectivity index (χ3n) is 4.54. The Morgan fingerprint density at radius 1 is 1.21 bits per heavy atom. The van der Waals surface area contributed by atoms with E-state index in [4.69, 9.17) is 0 Å². The fraction of sp³-hybridized carbons (Fsp3) is 1.00. The molecule has 2 rings (SSSR count). The van der Waals surface area contributed by atoms with Crippen molar-refractivity contribution in [3.8, 4) is 0 Å². The van der Waals surface area contributed by atoms with Crippen molar-refractivity contribution >= 4 is 0 Å². The van der Waals surface area contributed by atoms with E-state index in [1.807, 2.05) is 0 Å². The van der Waals surface area contributed by atoms with Gasteiger partial charge >= 0.3 is 0 Å². The van der Waals surface area contributed by atoms with E-state index < -0.39 is 0 Å². The van der Waals surface area contributed by atoms with Crippen molar-refractivity contribution < 1.29 is 5.11 Å². The first-order valence-corrected chi connectivity index (χ1v) is 6.42. The summed E-state index contributed by atoms with van der Waals surface area (Å²) in [7, 11) is 0. The molecule has 0 aliphatic heterocycles. The zero-order chi connectivity index (χ0) is 10.1. The molecule has 0 aromatic heterocycles. The highest BCUT2D eigenvalue weighted by atomic mass is 16.3. The van der Waals surface area contributed by atoms with Gasteiger partial charge < -0.3 is 5.11 Å². The van der Waals surface area contributed by atoms with Crippen LogP contribution in [-0.2, 0) is 0 Å². The lowest BCUT2D eigenvalue weighted by molar-refractivity contribution is 0.0273. The average molecular weight is 196 g/mol. The van der Waals surface area contributed by atoms with E-state index in [0.29, 0.717) is 11.8 Å². The molecule has 0 amide bonds. The van der Waals surface area contributed by atoms with Crippen LogP contribution in [0.15, 0.2) is 0 Å². The van der Waals surface area contributed by atoms with Crippen LogP contribution in [0.3, 0.4) is 0 Å². The molecular formula is C13H24O. The molecule has 5 atom stereocenters. The second-order valence-electron chi connectivity index (χ2n) is 5.48. The van der Waals surface area contributed by atoms with Gasteiger partial charge in [-0.3, -0.25) is 0 Å². The smallest absolute Gasteiger partial charge is 0.0601 e. The maximum atomic E-state index is 10.3. The first-order chi connectivity index (χ1) is 6.74. The Morgan fingerprint density at radius 2 is 1.86 bits per heavy atom. The van der Waals surface area contributed by atoms with Crippen LogP contribution in [0.5, 0.6) is 0 Å². The van der Waals surface area contributed by atoms with E-state index in [1.54, 1.807) is 0 Å². The zero-order valence-electron chi connectivity index (χ0n) is 9.58. The first-order valence-electron chi connectivity index (χ1n) is 6.42. The number of hydrogen-bond acceptors (Lipinski definition) is 1. The molecule has 0 aromatic carbocycles. The van der Waals surface area contributed by atoms with Crippen LogP contribution in [0.2, 0.25) is 0 Å². The van der Waals surface area contributed by atoms with Crippen LogP contribution in [-0.4, -0.2) is 11.2 Å². The van der Waals surface area contributed by atoms with E-state index in [1.165, 1.54) is 38.5 Å². The van der Waals surface area contributed by atoms with Crippen molar-refractivity contribution in [3.05, 3.63) is 0 Å². The second kappa shape index (κ2) is 4.22. The van der Waals surface area contributed by atoms with E-state index in [0.717, 1.165) is 11.8 Å². The SMILES string of the molecule is CCC1CCCCC1C(O)C1CC1C.